The smallest absolute Gasteiger partial charge is 0.191 e. The lowest BCUT2D eigenvalue weighted by atomic mass is 9.64. The summed E-state index contributed by atoms with van der Waals surface area (Å²) in [4.78, 5) is 4.84. The minimum absolute atomic E-state index is 0. The van der Waals surface area contributed by atoms with E-state index in [9.17, 15) is 4.39 Å². The Morgan fingerprint density at radius 2 is 1.93 bits per heavy atom. The Labute approximate surface area is 197 Å². The van der Waals surface area contributed by atoms with Crippen molar-refractivity contribution in [3.8, 4) is 0 Å². The second kappa shape index (κ2) is 13.5. The second-order valence-electron chi connectivity index (χ2n) is 8.25. The van der Waals surface area contributed by atoms with Crippen LogP contribution in [0.3, 0.4) is 0 Å². The maximum Gasteiger partial charge on any atom is 0.191 e. The van der Waals surface area contributed by atoms with Gasteiger partial charge in [0.05, 0.1) is 6.54 Å². The van der Waals surface area contributed by atoms with Crippen molar-refractivity contribution in [1.82, 2.24) is 10.6 Å². The Bertz CT molecular complexity index is 632. The van der Waals surface area contributed by atoms with Gasteiger partial charge in [0.15, 0.2) is 5.96 Å². The van der Waals surface area contributed by atoms with E-state index >= 15 is 0 Å². The molecule has 0 atom stereocenters. The van der Waals surface area contributed by atoms with Crippen LogP contribution in [0.25, 0.3) is 0 Å². The number of nitrogens with zero attached hydrogens (tertiary/aromatic N) is 1. The van der Waals surface area contributed by atoms with Gasteiger partial charge in [-0.05, 0) is 62.6 Å². The minimum atomic E-state index is -0.180. The van der Waals surface area contributed by atoms with Crippen LogP contribution >= 0.6 is 24.0 Å². The molecule has 1 aromatic rings. The summed E-state index contributed by atoms with van der Waals surface area (Å²) in [5, 5.41) is 6.75. The quantitative estimate of drug-likeness (QED) is 0.204. The van der Waals surface area contributed by atoms with Gasteiger partial charge in [0.25, 0.3) is 0 Å². The van der Waals surface area contributed by atoms with E-state index in [-0.39, 0.29) is 35.2 Å². The van der Waals surface area contributed by atoms with Gasteiger partial charge >= 0.3 is 0 Å². The van der Waals surface area contributed by atoms with Gasteiger partial charge in [-0.15, -0.1) is 24.0 Å². The number of hydrogen-bond donors (Lipinski definition) is 2. The lowest BCUT2D eigenvalue weighted by Gasteiger charge is -2.41. The molecule has 1 saturated carbocycles. The molecule has 2 fully saturated rings. The van der Waals surface area contributed by atoms with E-state index in [2.05, 4.69) is 17.6 Å². The Kier molecular flexibility index (Phi) is 11.4. The fourth-order valence-corrected chi connectivity index (χ4v) is 4.06. The van der Waals surface area contributed by atoms with Crippen molar-refractivity contribution >= 4 is 29.9 Å². The van der Waals surface area contributed by atoms with Crippen LogP contribution in [-0.4, -0.2) is 52.0 Å². The first-order valence-electron chi connectivity index (χ1n) is 11.2. The molecule has 0 amide bonds. The number of benzene rings is 1. The molecule has 3 rings (SSSR count). The molecule has 1 heterocycles. The molecule has 1 aliphatic carbocycles. The fourth-order valence-electron chi connectivity index (χ4n) is 4.06. The molecule has 0 radical (unpaired) electrons. The highest BCUT2D eigenvalue weighted by Crippen LogP contribution is 2.44. The van der Waals surface area contributed by atoms with Gasteiger partial charge in [-0.25, -0.2) is 4.39 Å². The van der Waals surface area contributed by atoms with Crippen LogP contribution in [0.1, 0.15) is 51.0 Å². The van der Waals surface area contributed by atoms with Crippen LogP contribution in [0.5, 0.6) is 0 Å². The molecule has 0 spiro atoms. The average molecular weight is 533 g/mol. The van der Waals surface area contributed by atoms with E-state index in [0.29, 0.717) is 5.92 Å². The molecule has 2 N–H and O–H groups in total. The summed E-state index contributed by atoms with van der Waals surface area (Å²) in [5.41, 5.74) is 1.26. The molecule has 1 aliphatic heterocycles. The molecule has 5 nitrogen and oxygen atoms in total. The maximum atomic E-state index is 13.3. The molecular weight excluding hydrogens is 496 g/mol. The summed E-state index contributed by atoms with van der Waals surface area (Å²) < 4.78 is 24.5. The molecule has 170 valence electrons. The highest BCUT2D eigenvalue weighted by Gasteiger charge is 2.38. The van der Waals surface area contributed by atoms with Gasteiger partial charge < -0.3 is 20.1 Å². The minimum Gasteiger partial charge on any atom is -0.381 e. The summed E-state index contributed by atoms with van der Waals surface area (Å²) in [7, 11) is 0. The van der Waals surface area contributed by atoms with E-state index in [1.807, 2.05) is 12.1 Å². The Balaban J connectivity index is 0.00000320. The summed E-state index contributed by atoms with van der Waals surface area (Å²) in [6, 6.07) is 6.95. The Hall–Kier alpha value is -0.930. The largest absolute Gasteiger partial charge is 0.381 e. The Morgan fingerprint density at radius 1 is 1.20 bits per heavy atom. The summed E-state index contributed by atoms with van der Waals surface area (Å²) in [6.07, 6.45) is 6.62. The third-order valence-electron chi connectivity index (χ3n) is 6.10. The van der Waals surface area contributed by atoms with Gasteiger partial charge in [0, 0.05) is 44.9 Å². The third kappa shape index (κ3) is 7.64. The predicted octanol–water partition coefficient (Wildman–Crippen LogP) is 4.25. The van der Waals surface area contributed by atoms with Crippen LogP contribution in [0.2, 0.25) is 0 Å². The first-order chi connectivity index (χ1) is 14.2. The molecular formula is C23H37FIN3O2. The van der Waals surface area contributed by atoms with Crippen LogP contribution < -0.4 is 10.6 Å². The number of guanidine groups is 1. The summed E-state index contributed by atoms with van der Waals surface area (Å²) >= 11 is 0. The zero-order valence-corrected chi connectivity index (χ0v) is 20.5. The van der Waals surface area contributed by atoms with Crippen LogP contribution in [0.15, 0.2) is 29.3 Å². The first-order valence-corrected chi connectivity index (χ1v) is 11.2. The van der Waals surface area contributed by atoms with Crippen LogP contribution in [0, 0.1) is 11.7 Å². The number of hydrogen-bond acceptors (Lipinski definition) is 3. The zero-order chi connectivity index (χ0) is 20.4. The lowest BCUT2D eigenvalue weighted by Crippen LogP contribution is -2.42. The van der Waals surface area contributed by atoms with Gasteiger partial charge in [0.2, 0.25) is 0 Å². The van der Waals surface area contributed by atoms with E-state index < -0.39 is 0 Å². The monoisotopic (exact) mass is 533 g/mol. The van der Waals surface area contributed by atoms with Crippen LogP contribution in [0.4, 0.5) is 4.39 Å². The number of ether oxygens (including phenoxy) is 2. The van der Waals surface area contributed by atoms with Crippen molar-refractivity contribution in [1.29, 1.82) is 0 Å². The molecule has 0 bridgehead atoms. The topological polar surface area (TPSA) is 54.9 Å². The number of aliphatic imine (C=N–C) groups is 1. The predicted molar refractivity (Wildman–Crippen MR) is 130 cm³/mol. The first kappa shape index (κ1) is 25.3. The van der Waals surface area contributed by atoms with Crippen molar-refractivity contribution < 1.29 is 13.9 Å². The molecule has 0 aromatic heterocycles. The molecule has 1 saturated heterocycles. The number of rotatable bonds is 10. The van der Waals surface area contributed by atoms with Crippen molar-refractivity contribution in [3.63, 3.8) is 0 Å². The standard InChI is InChI=1S/C23H36FN3O2.HI/c1-2-25-22(26-13-4-14-29-17-19-9-15-28-16-10-19)27-18-23(11-3-12-23)20-5-7-21(24)8-6-20;/h5-8,19H,2-4,9-18H2,1H3,(H2,25,26,27);1H. The van der Waals surface area contributed by atoms with Gasteiger partial charge in [-0.1, -0.05) is 18.6 Å². The molecule has 2 aliphatic rings. The van der Waals surface area contributed by atoms with Crippen molar-refractivity contribution in [2.24, 2.45) is 10.9 Å². The van der Waals surface area contributed by atoms with E-state index in [1.165, 1.54) is 12.0 Å². The van der Waals surface area contributed by atoms with Gasteiger partial charge in [0.1, 0.15) is 5.82 Å². The summed E-state index contributed by atoms with van der Waals surface area (Å²) in [6.45, 7) is 7.83. The van der Waals surface area contributed by atoms with E-state index in [1.54, 1.807) is 12.1 Å². The van der Waals surface area contributed by atoms with Crippen LogP contribution in [-0.2, 0) is 14.9 Å². The molecule has 7 heteroatoms. The second-order valence-corrected chi connectivity index (χ2v) is 8.25. The average Bonchev–Trinajstić information content (AvgIpc) is 2.71. The number of halogens is 2. The highest BCUT2D eigenvalue weighted by atomic mass is 127. The normalized spacial score (nSPS) is 18.9. The van der Waals surface area contributed by atoms with Gasteiger partial charge in [-0.2, -0.15) is 0 Å². The van der Waals surface area contributed by atoms with Gasteiger partial charge in [-0.3, -0.25) is 4.99 Å². The Morgan fingerprint density at radius 3 is 2.57 bits per heavy atom. The number of nitrogens with one attached hydrogen (secondary N) is 2. The highest BCUT2D eigenvalue weighted by molar-refractivity contribution is 14.0. The summed E-state index contributed by atoms with van der Waals surface area (Å²) in [5.74, 6) is 1.33. The molecule has 0 unspecified atom stereocenters. The molecule has 1 aromatic carbocycles. The zero-order valence-electron chi connectivity index (χ0n) is 18.1. The fraction of sp³-hybridized carbons (Fsp3) is 0.696. The SMILES string of the molecule is CCNC(=NCC1(c2ccc(F)cc2)CCC1)NCCCOCC1CCOCC1.I. The van der Waals surface area contributed by atoms with Crippen molar-refractivity contribution in [2.45, 2.75) is 50.9 Å². The third-order valence-corrected chi connectivity index (χ3v) is 6.10. The van der Waals surface area contributed by atoms with E-state index in [4.69, 9.17) is 14.5 Å². The maximum absolute atomic E-state index is 13.3. The lowest BCUT2D eigenvalue weighted by molar-refractivity contribution is 0.0203. The van der Waals surface area contributed by atoms with Crippen molar-refractivity contribution in [3.05, 3.63) is 35.6 Å². The molecule has 30 heavy (non-hydrogen) atoms. The van der Waals surface area contributed by atoms with Crippen molar-refractivity contribution in [2.75, 3.05) is 46.1 Å². The van der Waals surface area contributed by atoms with E-state index in [0.717, 1.165) is 84.1 Å².